The van der Waals surface area contributed by atoms with Gasteiger partial charge in [-0.3, -0.25) is 4.98 Å². The van der Waals surface area contributed by atoms with Crippen molar-refractivity contribution >= 4 is 29.0 Å². The van der Waals surface area contributed by atoms with Crippen LogP contribution in [0.2, 0.25) is 10.0 Å². The predicted molar refractivity (Wildman–Crippen MR) is 180 cm³/mol. The average Bonchev–Trinajstić information content (AvgIpc) is 3.07. The molecule has 2 aromatic heterocycles. The van der Waals surface area contributed by atoms with Crippen LogP contribution in [0.25, 0.3) is 22.3 Å². The van der Waals surface area contributed by atoms with E-state index in [1.54, 1.807) is 42.5 Å². The van der Waals surface area contributed by atoms with Crippen molar-refractivity contribution in [2.75, 3.05) is 5.32 Å². The summed E-state index contributed by atoms with van der Waals surface area (Å²) in [5.74, 6) is 0.146. The van der Waals surface area contributed by atoms with Gasteiger partial charge in [-0.05, 0) is 67.1 Å². The number of rotatable bonds is 9. The molecule has 0 saturated heterocycles. The third kappa shape index (κ3) is 10.4. The van der Waals surface area contributed by atoms with Crippen molar-refractivity contribution in [1.82, 2.24) is 9.97 Å². The number of aromatic nitrogens is 2. The van der Waals surface area contributed by atoms with Gasteiger partial charge in [0.2, 0.25) is 0 Å². The molecule has 2 heterocycles. The molecule has 5 aromatic rings. The van der Waals surface area contributed by atoms with E-state index >= 15 is 0 Å². The number of halogens is 9. The quantitative estimate of drug-likeness (QED) is 0.149. The Morgan fingerprint density at radius 3 is 1.76 bits per heavy atom. The molecule has 4 nitrogen and oxygen atoms in total. The van der Waals surface area contributed by atoms with E-state index in [0.717, 1.165) is 49.2 Å². The van der Waals surface area contributed by atoms with Gasteiger partial charge in [-0.25, -0.2) is 9.37 Å². The van der Waals surface area contributed by atoms with Gasteiger partial charge in [0.25, 0.3) is 0 Å². The minimum atomic E-state index is -4.45. The zero-order chi connectivity index (χ0) is 35.8. The lowest BCUT2D eigenvalue weighted by Crippen LogP contribution is -2.11. The van der Waals surface area contributed by atoms with Crippen molar-refractivity contribution in [3.63, 3.8) is 0 Å². The Morgan fingerprint density at radius 1 is 0.735 bits per heavy atom. The van der Waals surface area contributed by atoms with Crippen LogP contribution in [-0.4, -0.2) is 9.97 Å². The second kappa shape index (κ2) is 16.5. The van der Waals surface area contributed by atoms with Gasteiger partial charge in [-0.2, -0.15) is 26.3 Å². The Balaban J connectivity index is 0.000000223. The Labute approximate surface area is 289 Å². The van der Waals surface area contributed by atoms with Crippen LogP contribution in [0.5, 0.6) is 0 Å². The van der Waals surface area contributed by atoms with Gasteiger partial charge >= 0.3 is 12.4 Å². The van der Waals surface area contributed by atoms with Crippen molar-refractivity contribution < 1.29 is 30.7 Å². The summed E-state index contributed by atoms with van der Waals surface area (Å²) in [5.41, 5.74) is 7.29. The average molecular weight is 724 g/mol. The lowest BCUT2D eigenvalue weighted by molar-refractivity contribution is -0.138. The molecule has 0 aliphatic rings. The minimum Gasteiger partial charge on any atom is -0.366 e. The smallest absolute Gasteiger partial charge is 0.366 e. The van der Waals surface area contributed by atoms with Crippen molar-refractivity contribution in [1.29, 1.82) is 0 Å². The zero-order valence-corrected chi connectivity index (χ0v) is 27.5. The number of pyridine rings is 2. The lowest BCUT2D eigenvalue weighted by Gasteiger charge is -2.13. The third-order valence-corrected chi connectivity index (χ3v) is 8.08. The van der Waals surface area contributed by atoms with Crippen LogP contribution < -0.4 is 11.1 Å². The molecule has 0 bridgehead atoms. The maximum absolute atomic E-state index is 13.6. The number of nitrogens with zero attached hydrogens (tertiary/aromatic N) is 2. The van der Waals surface area contributed by atoms with Gasteiger partial charge in [0.05, 0.1) is 16.8 Å². The predicted octanol–water partition coefficient (Wildman–Crippen LogP) is 11.8. The van der Waals surface area contributed by atoms with Gasteiger partial charge in [0.15, 0.2) is 0 Å². The van der Waals surface area contributed by atoms with Crippen LogP contribution in [0.4, 0.5) is 36.6 Å². The minimum absolute atomic E-state index is 0.166. The first-order chi connectivity index (χ1) is 23.2. The van der Waals surface area contributed by atoms with E-state index in [1.807, 2.05) is 0 Å². The van der Waals surface area contributed by atoms with Crippen molar-refractivity contribution in [2.45, 2.75) is 51.1 Å². The fourth-order valence-electron chi connectivity index (χ4n) is 4.69. The second-order valence-corrected chi connectivity index (χ2v) is 11.8. The highest BCUT2D eigenvalue weighted by Gasteiger charge is 2.32. The summed E-state index contributed by atoms with van der Waals surface area (Å²) in [4.78, 5) is 8.44. The molecule has 49 heavy (non-hydrogen) atoms. The van der Waals surface area contributed by atoms with Crippen molar-refractivity contribution in [3.8, 4) is 22.3 Å². The summed E-state index contributed by atoms with van der Waals surface area (Å²) >= 11 is 12.1. The Hall–Kier alpha value is -4.19. The number of hydrogen-bond acceptors (Lipinski definition) is 4. The van der Waals surface area contributed by atoms with Gasteiger partial charge in [0, 0.05) is 62.8 Å². The van der Waals surface area contributed by atoms with Gasteiger partial charge < -0.3 is 11.1 Å². The molecule has 0 fully saturated rings. The maximum atomic E-state index is 13.6. The molecular weight excluding hydrogens is 692 g/mol. The van der Waals surface area contributed by atoms with Crippen LogP contribution in [-0.2, 0) is 18.9 Å². The molecule has 0 radical (unpaired) electrons. The maximum Gasteiger partial charge on any atom is 0.416 e. The molecule has 3 aromatic carbocycles. The largest absolute Gasteiger partial charge is 0.416 e. The van der Waals surface area contributed by atoms with Crippen LogP contribution in [0.15, 0.2) is 97.3 Å². The fourth-order valence-corrected chi connectivity index (χ4v) is 5.14. The normalized spacial score (nSPS) is 12.2. The Kier molecular flexibility index (Phi) is 12.7. The third-order valence-electron chi connectivity index (χ3n) is 7.43. The molecule has 3 N–H and O–H groups in total. The first kappa shape index (κ1) is 37.6. The van der Waals surface area contributed by atoms with Gasteiger partial charge in [-0.1, -0.05) is 67.2 Å². The first-order valence-corrected chi connectivity index (χ1v) is 15.8. The molecule has 0 spiro atoms. The highest BCUT2D eigenvalue weighted by Crippen LogP contribution is 2.37. The number of benzene rings is 3. The number of nitrogens with two attached hydrogens (primary N) is 1. The number of alkyl halides is 6. The van der Waals surface area contributed by atoms with E-state index in [9.17, 15) is 30.7 Å². The highest BCUT2D eigenvalue weighted by atomic mass is 35.5. The van der Waals surface area contributed by atoms with E-state index in [-0.39, 0.29) is 34.0 Å². The summed E-state index contributed by atoms with van der Waals surface area (Å²) in [6.07, 6.45) is -3.04. The SMILES string of the molecule is CCCCC(N)c1ccc(-c2cc(C(F)(F)F)ccc2Cl)cn1.Fc1ccccc1CNc1ccc(-c2cc(C(F)(F)F)ccc2Cl)cn1. The number of nitrogens with one attached hydrogen (secondary N) is 1. The van der Waals surface area contributed by atoms with Crippen molar-refractivity contribution in [3.05, 3.63) is 136 Å². The van der Waals surface area contributed by atoms with Gasteiger partial charge in [0.1, 0.15) is 11.6 Å². The molecular formula is C36H31Cl2F7N4. The summed E-state index contributed by atoms with van der Waals surface area (Å²) < 4.78 is 90.7. The van der Waals surface area contributed by atoms with E-state index in [4.69, 9.17) is 28.9 Å². The highest BCUT2D eigenvalue weighted by molar-refractivity contribution is 6.33. The standard InChI is InChI=1S/C19H13ClF4N2.C17H18ClF3N2/c20-16-7-6-14(19(22,23)24)9-15(16)12-5-8-18(25-10-12)26-11-13-3-1-2-4-17(13)21;1-2-3-4-15(22)16-8-5-11(10-23-16)13-9-12(17(19,20)21)6-7-14(13)18/h1-10H,11H2,(H,25,26);5-10,15H,2-4,22H2,1H3. The fraction of sp³-hybridized carbons (Fsp3) is 0.222. The Bertz CT molecular complexity index is 1830. The first-order valence-electron chi connectivity index (χ1n) is 15.1. The molecule has 5 rings (SSSR count). The van der Waals surface area contributed by atoms with Crippen LogP contribution in [0.1, 0.15) is 54.6 Å². The van der Waals surface area contributed by atoms with Crippen LogP contribution >= 0.6 is 23.2 Å². The lowest BCUT2D eigenvalue weighted by atomic mass is 10.0. The summed E-state index contributed by atoms with van der Waals surface area (Å²) in [5, 5.41) is 3.42. The molecule has 258 valence electrons. The molecule has 0 saturated carbocycles. The summed E-state index contributed by atoms with van der Waals surface area (Å²) in [6.45, 7) is 2.32. The van der Waals surface area contributed by atoms with Gasteiger partial charge in [-0.15, -0.1) is 0 Å². The molecule has 0 amide bonds. The van der Waals surface area contributed by atoms with E-state index in [0.29, 0.717) is 28.1 Å². The van der Waals surface area contributed by atoms with Crippen LogP contribution in [0, 0.1) is 5.82 Å². The van der Waals surface area contributed by atoms with Crippen LogP contribution in [0.3, 0.4) is 0 Å². The van der Waals surface area contributed by atoms with E-state index in [2.05, 4.69) is 22.2 Å². The van der Waals surface area contributed by atoms with Crippen molar-refractivity contribution in [2.24, 2.45) is 5.73 Å². The monoisotopic (exact) mass is 722 g/mol. The topological polar surface area (TPSA) is 63.8 Å². The molecule has 0 aliphatic heterocycles. The molecule has 13 heteroatoms. The van der Waals surface area contributed by atoms with E-state index < -0.39 is 23.5 Å². The molecule has 0 aliphatic carbocycles. The number of unbranched alkanes of at least 4 members (excludes halogenated alkanes) is 1. The molecule has 1 atom stereocenters. The Morgan fingerprint density at radius 2 is 1.29 bits per heavy atom. The summed E-state index contributed by atoms with van der Waals surface area (Å²) in [7, 11) is 0. The van der Waals surface area contributed by atoms with E-state index in [1.165, 1.54) is 30.6 Å². The summed E-state index contributed by atoms with van der Waals surface area (Å²) in [6, 6.07) is 19.2. The number of anilines is 1. The molecule has 1 unspecified atom stereocenters. The zero-order valence-electron chi connectivity index (χ0n) is 26.0. The second-order valence-electron chi connectivity index (χ2n) is 11.0. The number of hydrogen-bond donors (Lipinski definition) is 2.